The van der Waals surface area contributed by atoms with Gasteiger partial charge in [-0.15, -0.1) is 0 Å². The summed E-state index contributed by atoms with van der Waals surface area (Å²) in [5.74, 6) is -1.53. The number of Topliss-reactive ketones (excluding diaryl/α,β-unsaturated/α-hetero) is 1. The Bertz CT molecular complexity index is 1170. The van der Waals surface area contributed by atoms with Gasteiger partial charge in [-0.2, -0.15) is 0 Å². The number of rotatable bonds is 8. The van der Waals surface area contributed by atoms with Crippen molar-refractivity contribution in [3.05, 3.63) is 78.1 Å². The van der Waals surface area contributed by atoms with E-state index >= 15 is 0 Å². The SMILES string of the molecule is CCOc1cc(C2/C(=C(\O)c3ccncc3)C(=O)C(=O)N2CCCn2ccnc2)ccc1O. The van der Waals surface area contributed by atoms with Crippen molar-refractivity contribution < 1.29 is 24.5 Å². The molecule has 1 fully saturated rings. The zero-order chi connectivity index (χ0) is 23.4. The van der Waals surface area contributed by atoms with Gasteiger partial charge in [0, 0.05) is 43.4 Å². The smallest absolute Gasteiger partial charge is 0.295 e. The minimum atomic E-state index is -0.833. The molecule has 1 unspecified atom stereocenters. The summed E-state index contributed by atoms with van der Waals surface area (Å²) >= 11 is 0. The summed E-state index contributed by atoms with van der Waals surface area (Å²) in [4.78, 5) is 35.5. The first kappa shape index (κ1) is 22.1. The molecule has 9 nitrogen and oxygen atoms in total. The Labute approximate surface area is 190 Å². The molecule has 3 aromatic rings. The number of imidazole rings is 1. The van der Waals surface area contributed by atoms with Crippen LogP contribution < -0.4 is 4.74 Å². The lowest BCUT2D eigenvalue weighted by molar-refractivity contribution is -0.139. The number of hydrogen-bond acceptors (Lipinski definition) is 7. The molecule has 0 saturated carbocycles. The van der Waals surface area contributed by atoms with Gasteiger partial charge in [-0.1, -0.05) is 6.07 Å². The highest BCUT2D eigenvalue weighted by Crippen LogP contribution is 2.41. The fourth-order valence-electron chi connectivity index (χ4n) is 3.94. The fraction of sp³-hybridized carbons (Fsp3) is 0.250. The zero-order valence-electron chi connectivity index (χ0n) is 18.1. The normalized spacial score (nSPS) is 17.5. The van der Waals surface area contributed by atoms with Gasteiger partial charge in [0.1, 0.15) is 5.76 Å². The van der Waals surface area contributed by atoms with Crippen LogP contribution in [0.5, 0.6) is 11.5 Å². The molecule has 9 heteroatoms. The van der Waals surface area contributed by atoms with Crippen LogP contribution in [0.4, 0.5) is 0 Å². The van der Waals surface area contributed by atoms with Gasteiger partial charge >= 0.3 is 0 Å². The number of ether oxygens (including phenoxy) is 1. The fourth-order valence-corrected chi connectivity index (χ4v) is 3.94. The van der Waals surface area contributed by atoms with Crippen LogP contribution in [0.15, 0.2) is 67.0 Å². The molecular formula is C24H24N4O5. The number of likely N-dealkylation sites (tertiary alicyclic amines) is 1. The Kier molecular flexibility index (Phi) is 6.39. The Morgan fingerprint density at radius 1 is 1.09 bits per heavy atom. The van der Waals surface area contributed by atoms with Gasteiger partial charge in [0.2, 0.25) is 0 Å². The predicted octanol–water partition coefficient (Wildman–Crippen LogP) is 2.89. The van der Waals surface area contributed by atoms with Crippen LogP contribution in [-0.2, 0) is 16.1 Å². The standard InChI is InChI=1S/C24H24N4O5/c1-2-33-19-14-17(4-5-18(19)29)21-20(22(30)16-6-8-25-9-7-16)23(31)24(32)28(21)12-3-11-27-13-10-26-15-27/h4-10,13-15,21,29-30H,2-3,11-12H2,1H3/b22-20+. The van der Waals surface area contributed by atoms with E-state index in [0.717, 1.165) is 0 Å². The third-order valence-electron chi connectivity index (χ3n) is 5.47. The Morgan fingerprint density at radius 3 is 2.58 bits per heavy atom. The number of benzene rings is 1. The molecule has 1 atom stereocenters. The van der Waals surface area contributed by atoms with Gasteiger partial charge in [-0.3, -0.25) is 14.6 Å². The van der Waals surface area contributed by atoms with Gasteiger partial charge in [-0.05, 0) is 43.2 Å². The number of hydrogen-bond donors (Lipinski definition) is 2. The van der Waals surface area contributed by atoms with E-state index in [1.54, 1.807) is 43.7 Å². The average molecular weight is 448 g/mol. The molecule has 0 bridgehead atoms. The highest BCUT2D eigenvalue weighted by atomic mass is 16.5. The quantitative estimate of drug-likeness (QED) is 0.309. The molecule has 0 spiro atoms. The van der Waals surface area contributed by atoms with Crippen LogP contribution in [0.1, 0.15) is 30.5 Å². The number of phenols is 1. The molecule has 3 heterocycles. The van der Waals surface area contributed by atoms with E-state index in [2.05, 4.69) is 9.97 Å². The predicted molar refractivity (Wildman–Crippen MR) is 119 cm³/mol. The Morgan fingerprint density at radius 2 is 1.88 bits per heavy atom. The third-order valence-corrected chi connectivity index (χ3v) is 5.47. The van der Waals surface area contributed by atoms with Crippen molar-refractivity contribution >= 4 is 17.4 Å². The number of carbonyl (C=O) groups excluding carboxylic acids is 2. The first-order chi connectivity index (χ1) is 16.0. The maximum absolute atomic E-state index is 13.1. The second-order valence-corrected chi connectivity index (χ2v) is 7.54. The van der Waals surface area contributed by atoms with Gasteiger partial charge in [-0.25, -0.2) is 4.98 Å². The van der Waals surface area contributed by atoms with Crippen LogP contribution in [-0.4, -0.2) is 54.5 Å². The van der Waals surface area contributed by atoms with E-state index in [9.17, 15) is 19.8 Å². The topological polar surface area (TPSA) is 118 Å². The van der Waals surface area contributed by atoms with Crippen molar-refractivity contribution in [1.29, 1.82) is 0 Å². The number of nitrogens with zero attached hydrogens (tertiary/aromatic N) is 4. The number of ketones is 1. The van der Waals surface area contributed by atoms with E-state index in [1.165, 1.54) is 23.4 Å². The van der Waals surface area contributed by atoms with E-state index < -0.39 is 17.7 Å². The van der Waals surface area contributed by atoms with Crippen molar-refractivity contribution in [2.75, 3.05) is 13.2 Å². The van der Waals surface area contributed by atoms with Crippen molar-refractivity contribution in [2.45, 2.75) is 25.9 Å². The van der Waals surface area contributed by atoms with E-state index in [1.807, 2.05) is 10.8 Å². The molecule has 0 aliphatic carbocycles. The van der Waals surface area contributed by atoms with Crippen LogP contribution in [0.3, 0.4) is 0 Å². The number of phenolic OH excluding ortho intramolecular Hbond substituents is 1. The van der Waals surface area contributed by atoms with Crippen LogP contribution >= 0.6 is 0 Å². The Balaban J connectivity index is 1.76. The average Bonchev–Trinajstić information content (AvgIpc) is 3.43. The first-order valence-electron chi connectivity index (χ1n) is 10.6. The minimum absolute atomic E-state index is 0.0121. The maximum Gasteiger partial charge on any atom is 0.295 e. The molecule has 170 valence electrons. The van der Waals surface area contributed by atoms with Gasteiger partial charge in [0.25, 0.3) is 11.7 Å². The second-order valence-electron chi connectivity index (χ2n) is 7.54. The van der Waals surface area contributed by atoms with Crippen LogP contribution in [0.2, 0.25) is 0 Å². The number of aliphatic hydroxyl groups is 1. The summed E-state index contributed by atoms with van der Waals surface area (Å²) in [6, 6.07) is 6.98. The van der Waals surface area contributed by atoms with Gasteiger partial charge in [0.05, 0.1) is 24.5 Å². The monoisotopic (exact) mass is 448 g/mol. The molecule has 2 N–H and O–H groups in total. The number of amides is 1. The second kappa shape index (κ2) is 9.56. The molecule has 4 rings (SSSR count). The summed E-state index contributed by atoms with van der Waals surface area (Å²) < 4.78 is 7.39. The Hall–Kier alpha value is -4.14. The van der Waals surface area contributed by atoms with Crippen molar-refractivity contribution in [2.24, 2.45) is 0 Å². The van der Waals surface area contributed by atoms with Gasteiger partial charge in [0.15, 0.2) is 11.5 Å². The summed E-state index contributed by atoms with van der Waals surface area (Å²) in [6.45, 7) is 3.02. The molecule has 1 saturated heterocycles. The number of aliphatic hydroxyl groups excluding tert-OH is 1. The molecular weight excluding hydrogens is 424 g/mol. The third kappa shape index (κ3) is 4.43. The van der Waals surface area contributed by atoms with Crippen molar-refractivity contribution in [3.63, 3.8) is 0 Å². The van der Waals surface area contributed by atoms with Crippen LogP contribution in [0.25, 0.3) is 5.76 Å². The molecule has 1 aliphatic rings. The van der Waals surface area contributed by atoms with Crippen LogP contribution in [0, 0.1) is 0 Å². The van der Waals surface area contributed by atoms with E-state index in [0.29, 0.717) is 30.7 Å². The lowest BCUT2D eigenvalue weighted by Crippen LogP contribution is -2.31. The number of aromatic nitrogens is 3. The zero-order valence-corrected chi connectivity index (χ0v) is 18.1. The lowest BCUT2D eigenvalue weighted by Gasteiger charge is -2.26. The highest BCUT2D eigenvalue weighted by Gasteiger charge is 2.46. The molecule has 1 aliphatic heterocycles. The molecule has 1 amide bonds. The van der Waals surface area contributed by atoms with E-state index in [-0.39, 0.29) is 29.4 Å². The maximum atomic E-state index is 13.1. The summed E-state index contributed by atoms with van der Waals surface area (Å²) in [5.41, 5.74) is 0.922. The number of aromatic hydroxyl groups is 1. The largest absolute Gasteiger partial charge is 0.507 e. The van der Waals surface area contributed by atoms with Gasteiger partial charge < -0.3 is 24.4 Å². The number of pyridine rings is 1. The first-order valence-corrected chi connectivity index (χ1v) is 10.6. The lowest BCUT2D eigenvalue weighted by atomic mass is 9.95. The number of aryl methyl sites for hydroxylation is 1. The van der Waals surface area contributed by atoms with Crippen molar-refractivity contribution in [1.82, 2.24) is 19.4 Å². The van der Waals surface area contributed by atoms with E-state index in [4.69, 9.17) is 4.74 Å². The summed E-state index contributed by atoms with van der Waals surface area (Å²) in [7, 11) is 0. The highest BCUT2D eigenvalue weighted by molar-refractivity contribution is 6.46. The molecule has 33 heavy (non-hydrogen) atoms. The molecule has 1 aromatic carbocycles. The minimum Gasteiger partial charge on any atom is -0.507 e. The number of carbonyl (C=O) groups is 2. The summed E-state index contributed by atoms with van der Waals surface area (Å²) in [6.07, 6.45) is 8.75. The summed E-state index contributed by atoms with van der Waals surface area (Å²) in [5, 5.41) is 21.1. The molecule has 2 aromatic heterocycles. The van der Waals surface area contributed by atoms with Crippen molar-refractivity contribution in [3.8, 4) is 11.5 Å². The molecule has 0 radical (unpaired) electrons.